The summed E-state index contributed by atoms with van der Waals surface area (Å²) in [5.41, 5.74) is 8.04. The third-order valence-corrected chi connectivity index (χ3v) is 3.61. The van der Waals surface area contributed by atoms with Crippen molar-refractivity contribution in [2.75, 3.05) is 11.1 Å². The highest BCUT2D eigenvalue weighted by Crippen LogP contribution is 2.29. The van der Waals surface area contributed by atoms with Crippen molar-refractivity contribution in [1.29, 1.82) is 0 Å². The van der Waals surface area contributed by atoms with Gasteiger partial charge in [0.2, 0.25) is 0 Å². The van der Waals surface area contributed by atoms with Gasteiger partial charge in [-0.3, -0.25) is 0 Å². The molecule has 3 aromatic rings. The molecule has 0 unspecified atom stereocenters. The van der Waals surface area contributed by atoms with Gasteiger partial charge in [-0.1, -0.05) is 12.1 Å². The number of aromatic nitrogens is 1. The molecule has 106 valence electrons. The van der Waals surface area contributed by atoms with Gasteiger partial charge in [0.05, 0.1) is 11.4 Å². The van der Waals surface area contributed by atoms with Crippen molar-refractivity contribution < 1.29 is 8.78 Å². The molecular formula is C15H11F2N3S. The minimum Gasteiger partial charge on any atom is -0.399 e. The molecule has 21 heavy (non-hydrogen) atoms. The average molecular weight is 303 g/mol. The molecule has 0 aliphatic rings. The molecule has 0 bridgehead atoms. The number of anilines is 3. The van der Waals surface area contributed by atoms with E-state index in [1.165, 1.54) is 11.3 Å². The normalized spacial score (nSPS) is 10.6. The Morgan fingerprint density at radius 3 is 2.76 bits per heavy atom. The topological polar surface area (TPSA) is 50.9 Å². The fraction of sp³-hybridized carbons (Fsp3) is 0. The number of hydrogen-bond donors (Lipinski definition) is 2. The molecule has 0 saturated carbocycles. The average Bonchev–Trinajstić information content (AvgIpc) is 2.91. The minimum absolute atomic E-state index is 0.0588. The number of rotatable bonds is 3. The van der Waals surface area contributed by atoms with Gasteiger partial charge in [-0.25, -0.2) is 13.8 Å². The first-order valence-corrected chi connectivity index (χ1v) is 7.03. The number of nitrogens with zero attached hydrogens (tertiary/aromatic N) is 1. The van der Waals surface area contributed by atoms with E-state index in [1.807, 2.05) is 23.6 Å². The smallest absolute Gasteiger partial charge is 0.187 e. The van der Waals surface area contributed by atoms with Crippen LogP contribution >= 0.6 is 11.3 Å². The Morgan fingerprint density at radius 2 is 1.95 bits per heavy atom. The fourth-order valence-corrected chi connectivity index (χ4v) is 2.60. The lowest BCUT2D eigenvalue weighted by Crippen LogP contribution is -1.94. The van der Waals surface area contributed by atoms with Crippen LogP contribution < -0.4 is 11.1 Å². The van der Waals surface area contributed by atoms with Crippen molar-refractivity contribution in [3.8, 4) is 11.3 Å². The van der Waals surface area contributed by atoms with Crippen molar-refractivity contribution >= 4 is 27.8 Å². The second-order valence-corrected chi connectivity index (χ2v) is 5.27. The first-order valence-electron chi connectivity index (χ1n) is 6.15. The van der Waals surface area contributed by atoms with Gasteiger partial charge in [0, 0.05) is 22.7 Å². The van der Waals surface area contributed by atoms with Crippen molar-refractivity contribution in [2.45, 2.75) is 0 Å². The summed E-state index contributed by atoms with van der Waals surface area (Å²) in [5, 5.41) is 5.09. The summed E-state index contributed by atoms with van der Waals surface area (Å²) in [7, 11) is 0. The zero-order chi connectivity index (χ0) is 14.8. The van der Waals surface area contributed by atoms with Gasteiger partial charge in [0.25, 0.3) is 0 Å². The molecule has 2 aromatic carbocycles. The lowest BCUT2D eigenvalue weighted by Gasteiger charge is -2.04. The van der Waals surface area contributed by atoms with Gasteiger partial charge < -0.3 is 11.1 Å². The Balaban J connectivity index is 1.87. The summed E-state index contributed by atoms with van der Waals surface area (Å²) >= 11 is 1.31. The summed E-state index contributed by atoms with van der Waals surface area (Å²) in [6.45, 7) is 0. The number of halogens is 2. The third-order valence-electron chi connectivity index (χ3n) is 2.86. The van der Waals surface area contributed by atoms with Crippen LogP contribution in [0.3, 0.4) is 0 Å². The number of thiazole rings is 1. The Labute approximate surface area is 124 Å². The Morgan fingerprint density at radius 1 is 1.10 bits per heavy atom. The van der Waals surface area contributed by atoms with Gasteiger partial charge in [0.1, 0.15) is 11.6 Å². The zero-order valence-corrected chi connectivity index (χ0v) is 11.6. The highest BCUT2D eigenvalue weighted by atomic mass is 32.1. The molecule has 3 N–H and O–H groups in total. The summed E-state index contributed by atoms with van der Waals surface area (Å²) in [6.07, 6.45) is 0. The summed E-state index contributed by atoms with van der Waals surface area (Å²) in [4.78, 5) is 4.35. The number of benzene rings is 2. The molecule has 0 atom stereocenters. The van der Waals surface area contributed by atoms with Crippen LogP contribution in [0, 0.1) is 11.6 Å². The maximum absolute atomic E-state index is 13.6. The molecule has 0 aliphatic heterocycles. The number of nitrogen functional groups attached to an aromatic ring is 1. The first-order chi connectivity index (χ1) is 10.1. The standard InChI is InChI=1S/C15H11F2N3S/c16-10-4-5-12(17)13(7-10)19-15-20-14(8-21-15)9-2-1-3-11(18)6-9/h1-8H,18H2,(H,19,20). The maximum atomic E-state index is 13.6. The second kappa shape index (κ2) is 5.49. The monoisotopic (exact) mass is 303 g/mol. The SMILES string of the molecule is Nc1cccc(-c2csc(Nc3cc(F)ccc3F)n2)c1. The predicted molar refractivity (Wildman–Crippen MR) is 81.6 cm³/mol. The van der Waals surface area contributed by atoms with Crippen LogP contribution in [0.1, 0.15) is 0 Å². The van der Waals surface area contributed by atoms with E-state index in [0.29, 0.717) is 10.8 Å². The molecule has 6 heteroatoms. The summed E-state index contributed by atoms with van der Waals surface area (Å²) in [6, 6.07) is 10.6. The van der Waals surface area contributed by atoms with E-state index in [1.54, 1.807) is 6.07 Å². The van der Waals surface area contributed by atoms with Crippen LogP contribution in [0.2, 0.25) is 0 Å². The van der Waals surface area contributed by atoms with Crippen molar-refractivity contribution in [3.05, 3.63) is 59.5 Å². The van der Waals surface area contributed by atoms with Gasteiger partial charge in [0.15, 0.2) is 5.13 Å². The second-order valence-electron chi connectivity index (χ2n) is 4.41. The van der Waals surface area contributed by atoms with E-state index in [0.717, 1.165) is 29.5 Å². The van der Waals surface area contributed by atoms with E-state index in [9.17, 15) is 8.78 Å². The van der Waals surface area contributed by atoms with Crippen LogP contribution in [0.4, 0.5) is 25.3 Å². The molecule has 0 radical (unpaired) electrons. The van der Waals surface area contributed by atoms with Crippen LogP contribution in [-0.4, -0.2) is 4.98 Å². The van der Waals surface area contributed by atoms with E-state index < -0.39 is 11.6 Å². The lowest BCUT2D eigenvalue weighted by molar-refractivity contribution is 0.603. The van der Waals surface area contributed by atoms with Crippen LogP contribution in [0.5, 0.6) is 0 Å². The van der Waals surface area contributed by atoms with Gasteiger partial charge in [-0.05, 0) is 24.3 Å². The van der Waals surface area contributed by atoms with E-state index in [4.69, 9.17) is 5.73 Å². The number of nitrogens with two attached hydrogens (primary N) is 1. The largest absolute Gasteiger partial charge is 0.399 e. The molecule has 1 aromatic heterocycles. The van der Waals surface area contributed by atoms with Gasteiger partial charge >= 0.3 is 0 Å². The Bertz CT molecular complexity index is 786. The van der Waals surface area contributed by atoms with Crippen molar-refractivity contribution in [3.63, 3.8) is 0 Å². The third kappa shape index (κ3) is 3.00. The summed E-state index contributed by atoms with van der Waals surface area (Å²) < 4.78 is 26.7. The van der Waals surface area contributed by atoms with Crippen LogP contribution in [0.15, 0.2) is 47.8 Å². The van der Waals surface area contributed by atoms with Crippen LogP contribution in [-0.2, 0) is 0 Å². The molecule has 1 heterocycles. The van der Waals surface area contributed by atoms with Crippen molar-refractivity contribution in [1.82, 2.24) is 4.98 Å². The van der Waals surface area contributed by atoms with E-state index in [2.05, 4.69) is 10.3 Å². The molecule has 0 saturated heterocycles. The maximum Gasteiger partial charge on any atom is 0.187 e. The highest BCUT2D eigenvalue weighted by molar-refractivity contribution is 7.14. The van der Waals surface area contributed by atoms with Gasteiger partial charge in [-0.15, -0.1) is 11.3 Å². The fourth-order valence-electron chi connectivity index (χ4n) is 1.87. The molecule has 0 spiro atoms. The Kier molecular flexibility index (Phi) is 3.53. The number of hydrogen-bond acceptors (Lipinski definition) is 4. The molecule has 3 rings (SSSR count). The summed E-state index contributed by atoms with van der Waals surface area (Å²) in [5.74, 6) is -1.04. The lowest BCUT2D eigenvalue weighted by atomic mass is 10.1. The molecule has 3 nitrogen and oxygen atoms in total. The highest BCUT2D eigenvalue weighted by Gasteiger charge is 2.08. The van der Waals surface area contributed by atoms with Crippen molar-refractivity contribution in [2.24, 2.45) is 0 Å². The predicted octanol–water partition coefficient (Wildman–Crippen LogP) is 4.41. The zero-order valence-electron chi connectivity index (χ0n) is 10.8. The van der Waals surface area contributed by atoms with E-state index >= 15 is 0 Å². The molecule has 0 fully saturated rings. The quantitative estimate of drug-likeness (QED) is 0.704. The van der Waals surface area contributed by atoms with Crippen LogP contribution in [0.25, 0.3) is 11.3 Å². The molecule has 0 aliphatic carbocycles. The number of nitrogens with one attached hydrogen (secondary N) is 1. The Hall–Kier alpha value is -2.47. The van der Waals surface area contributed by atoms with E-state index in [-0.39, 0.29) is 5.69 Å². The minimum atomic E-state index is -0.530. The first kappa shape index (κ1) is 13.5. The molecule has 0 amide bonds. The molecular weight excluding hydrogens is 292 g/mol. The van der Waals surface area contributed by atoms with Gasteiger partial charge in [-0.2, -0.15) is 0 Å².